The van der Waals surface area contributed by atoms with E-state index in [9.17, 15) is 37.7 Å². The molecule has 2 aromatic carbocycles. The first-order valence-electron chi connectivity index (χ1n) is 9.02. The normalized spacial score (nSPS) is 14.5. The molecule has 0 fully saturated rings. The standard InChI is InChI=1S/C20H15F3N2O5S/c21-20(22,23)31-17(16(26)9-6-12-4-2-1-3-5-12)11-24-18(27)14-8-7-13(25(29)30)10-15(14)19(24)28/h1-5,7-8,10,17H,6,9,11H2. The van der Waals surface area contributed by atoms with Crippen LogP contribution in [0.1, 0.15) is 32.7 Å². The molecule has 0 bridgehead atoms. The number of amides is 2. The number of alkyl halides is 3. The highest BCUT2D eigenvalue weighted by Crippen LogP contribution is 2.36. The minimum absolute atomic E-state index is 0.150. The number of ketones is 1. The summed E-state index contributed by atoms with van der Waals surface area (Å²) in [7, 11) is 0. The molecule has 11 heteroatoms. The van der Waals surface area contributed by atoms with Gasteiger partial charge < -0.3 is 0 Å². The summed E-state index contributed by atoms with van der Waals surface area (Å²) in [6, 6.07) is 11.7. The number of non-ortho nitro benzene ring substituents is 1. The van der Waals surface area contributed by atoms with Crippen molar-refractivity contribution in [2.24, 2.45) is 0 Å². The highest BCUT2D eigenvalue weighted by atomic mass is 32.2. The summed E-state index contributed by atoms with van der Waals surface area (Å²) in [5.74, 6) is -2.61. The third kappa shape index (κ3) is 5.29. The lowest BCUT2D eigenvalue weighted by molar-refractivity contribution is -0.384. The smallest absolute Gasteiger partial charge is 0.298 e. The van der Waals surface area contributed by atoms with Crippen LogP contribution < -0.4 is 0 Å². The van der Waals surface area contributed by atoms with Crippen LogP contribution in [0.2, 0.25) is 0 Å². The number of halogens is 3. The molecule has 7 nitrogen and oxygen atoms in total. The third-order valence-electron chi connectivity index (χ3n) is 4.65. The van der Waals surface area contributed by atoms with Gasteiger partial charge in [0.1, 0.15) is 5.78 Å². The molecule has 1 unspecified atom stereocenters. The summed E-state index contributed by atoms with van der Waals surface area (Å²) >= 11 is -0.581. The van der Waals surface area contributed by atoms with E-state index in [-0.39, 0.29) is 24.0 Å². The number of hydrogen-bond donors (Lipinski definition) is 0. The Morgan fingerprint density at radius 2 is 1.71 bits per heavy atom. The first kappa shape index (κ1) is 22.5. The molecule has 1 heterocycles. The van der Waals surface area contributed by atoms with Crippen molar-refractivity contribution < 1.29 is 32.5 Å². The number of carbonyl (C=O) groups excluding carboxylic acids is 3. The SMILES string of the molecule is O=C(CCc1ccccc1)C(CN1C(=O)c2ccc([N+](=O)[O-])cc2C1=O)SC(F)(F)F. The van der Waals surface area contributed by atoms with Crippen LogP contribution >= 0.6 is 11.8 Å². The maximum Gasteiger partial charge on any atom is 0.442 e. The number of carbonyl (C=O) groups is 3. The molecule has 162 valence electrons. The second-order valence-electron chi connectivity index (χ2n) is 6.71. The molecule has 0 radical (unpaired) electrons. The van der Waals surface area contributed by atoms with Gasteiger partial charge >= 0.3 is 5.51 Å². The number of thioether (sulfide) groups is 1. The maximum absolute atomic E-state index is 13.0. The molecular weight excluding hydrogens is 437 g/mol. The lowest BCUT2D eigenvalue weighted by Crippen LogP contribution is -2.40. The van der Waals surface area contributed by atoms with Gasteiger partial charge in [-0.25, -0.2) is 0 Å². The second-order valence-corrected chi connectivity index (χ2v) is 7.98. The number of aryl methyl sites for hydroxylation is 1. The third-order valence-corrected chi connectivity index (χ3v) is 5.62. The molecule has 2 aromatic rings. The van der Waals surface area contributed by atoms with Gasteiger partial charge in [0.25, 0.3) is 17.5 Å². The summed E-state index contributed by atoms with van der Waals surface area (Å²) < 4.78 is 39.1. The molecule has 1 atom stereocenters. The number of benzene rings is 2. The van der Waals surface area contributed by atoms with Gasteiger partial charge in [-0.2, -0.15) is 13.2 Å². The summed E-state index contributed by atoms with van der Waals surface area (Å²) in [4.78, 5) is 48.3. The zero-order valence-corrected chi connectivity index (χ0v) is 16.6. The molecule has 0 saturated carbocycles. The van der Waals surface area contributed by atoms with Crippen molar-refractivity contribution in [2.45, 2.75) is 23.6 Å². The predicted octanol–water partition coefficient (Wildman–Crippen LogP) is 4.01. The number of rotatable bonds is 8. The number of nitro benzene ring substituents is 1. The van der Waals surface area contributed by atoms with Gasteiger partial charge in [-0.3, -0.25) is 29.4 Å². The first-order valence-corrected chi connectivity index (χ1v) is 9.90. The summed E-state index contributed by atoms with van der Waals surface area (Å²) in [5.41, 5.74) is -4.85. The highest BCUT2D eigenvalue weighted by molar-refractivity contribution is 8.01. The van der Waals surface area contributed by atoms with Crippen molar-refractivity contribution in [3.8, 4) is 0 Å². The monoisotopic (exact) mass is 452 g/mol. The van der Waals surface area contributed by atoms with E-state index in [0.29, 0.717) is 4.90 Å². The second kappa shape index (κ2) is 8.88. The van der Waals surface area contributed by atoms with Gasteiger partial charge in [-0.05, 0) is 29.8 Å². The van der Waals surface area contributed by atoms with Gasteiger partial charge in [0.05, 0.1) is 21.3 Å². The molecule has 0 spiro atoms. The summed E-state index contributed by atoms with van der Waals surface area (Å²) in [6.45, 7) is -0.780. The van der Waals surface area contributed by atoms with E-state index < -0.39 is 57.3 Å². The zero-order valence-electron chi connectivity index (χ0n) is 15.8. The number of hydrogen-bond acceptors (Lipinski definition) is 6. The molecule has 1 aliphatic rings. The van der Waals surface area contributed by atoms with Crippen LogP contribution in [0.25, 0.3) is 0 Å². The van der Waals surface area contributed by atoms with E-state index in [0.717, 1.165) is 23.8 Å². The number of nitrogens with zero attached hydrogens (tertiary/aromatic N) is 2. The van der Waals surface area contributed by atoms with Gasteiger partial charge in [-0.15, -0.1) is 0 Å². The number of Topliss-reactive ketones (excluding diaryl/α,β-unsaturated/α-hetero) is 1. The molecule has 0 N–H and O–H groups in total. The first-order chi connectivity index (χ1) is 14.6. The molecule has 31 heavy (non-hydrogen) atoms. The quantitative estimate of drug-likeness (QED) is 0.341. The number of nitro groups is 1. The van der Waals surface area contributed by atoms with Crippen molar-refractivity contribution in [3.05, 3.63) is 75.3 Å². The van der Waals surface area contributed by atoms with Crippen LogP contribution in [-0.4, -0.2) is 44.7 Å². The Kier molecular flexibility index (Phi) is 6.44. The molecule has 0 saturated heterocycles. The van der Waals surface area contributed by atoms with Crippen molar-refractivity contribution in [2.75, 3.05) is 6.54 Å². The van der Waals surface area contributed by atoms with Gasteiger partial charge in [0.2, 0.25) is 0 Å². The Bertz CT molecular complexity index is 1040. The van der Waals surface area contributed by atoms with E-state index >= 15 is 0 Å². The molecular formula is C20H15F3N2O5S. The number of imide groups is 1. The van der Waals surface area contributed by atoms with E-state index in [2.05, 4.69) is 0 Å². The minimum Gasteiger partial charge on any atom is -0.298 e. The Labute approximate surface area is 178 Å². The zero-order chi connectivity index (χ0) is 22.8. The van der Waals surface area contributed by atoms with Crippen molar-refractivity contribution in [1.82, 2.24) is 4.90 Å². The predicted molar refractivity (Wildman–Crippen MR) is 106 cm³/mol. The Morgan fingerprint density at radius 3 is 2.32 bits per heavy atom. The van der Waals surface area contributed by atoms with Crippen molar-refractivity contribution in [1.29, 1.82) is 0 Å². The summed E-state index contributed by atoms with van der Waals surface area (Å²) in [5, 5.41) is 9.20. The average molecular weight is 452 g/mol. The van der Waals surface area contributed by atoms with Gasteiger partial charge in [0.15, 0.2) is 0 Å². The lowest BCUT2D eigenvalue weighted by atomic mass is 10.1. The van der Waals surface area contributed by atoms with Gasteiger partial charge in [0, 0.05) is 25.1 Å². The minimum atomic E-state index is -4.76. The van der Waals surface area contributed by atoms with Crippen LogP contribution in [0, 0.1) is 10.1 Å². The van der Waals surface area contributed by atoms with E-state index in [1.54, 1.807) is 30.3 Å². The fourth-order valence-electron chi connectivity index (χ4n) is 3.16. The Balaban J connectivity index is 1.79. The van der Waals surface area contributed by atoms with Crippen LogP contribution in [0.15, 0.2) is 48.5 Å². The number of fused-ring (bicyclic) bond motifs is 1. The fourth-order valence-corrected chi connectivity index (χ4v) is 3.96. The summed E-state index contributed by atoms with van der Waals surface area (Å²) in [6.07, 6.45) is 0.00923. The Morgan fingerprint density at radius 1 is 1.06 bits per heavy atom. The van der Waals surface area contributed by atoms with Crippen molar-refractivity contribution >= 4 is 35.0 Å². The molecule has 0 aromatic heterocycles. The highest BCUT2D eigenvalue weighted by Gasteiger charge is 2.42. The van der Waals surface area contributed by atoms with E-state index in [4.69, 9.17) is 0 Å². The lowest BCUT2D eigenvalue weighted by Gasteiger charge is -2.22. The van der Waals surface area contributed by atoms with E-state index in [1.165, 1.54) is 0 Å². The largest absolute Gasteiger partial charge is 0.442 e. The van der Waals surface area contributed by atoms with Gasteiger partial charge in [-0.1, -0.05) is 30.3 Å². The molecule has 1 aliphatic heterocycles. The Hall–Kier alpha value is -3.21. The molecule has 2 amide bonds. The topological polar surface area (TPSA) is 97.6 Å². The maximum atomic E-state index is 13.0. The van der Waals surface area contributed by atoms with Crippen LogP contribution in [0.5, 0.6) is 0 Å². The molecule has 3 rings (SSSR count). The van der Waals surface area contributed by atoms with Crippen molar-refractivity contribution in [3.63, 3.8) is 0 Å². The van der Waals surface area contributed by atoms with Crippen LogP contribution in [0.3, 0.4) is 0 Å². The van der Waals surface area contributed by atoms with Crippen LogP contribution in [-0.2, 0) is 11.2 Å². The average Bonchev–Trinajstić information content (AvgIpc) is 2.95. The van der Waals surface area contributed by atoms with E-state index in [1.807, 2.05) is 0 Å². The fraction of sp³-hybridized carbons (Fsp3) is 0.250. The van der Waals surface area contributed by atoms with Crippen LogP contribution in [0.4, 0.5) is 18.9 Å². The molecule has 0 aliphatic carbocycles.